The second kappa shape index (κ2) is 10.7. The average Bonchev–Trinajstić information content (AvgIpc) is 2.67. The van der Waals surface area contributed by atoms with E-state index >= 15 is 0 Å². The van der Waals surface area contributed by atoms with Gasteiger partial charge >= 0.3 is 0 Å². The molecule has 0 heterocycles. The molecule has 0 N–H and O–H groups in total. The minimum Gasteiger partial charge on any atom is -0.214 e. The minimum absolute atomic E-state index is 0. The summed E-state index contributed by atoms with van der Waals surface area (Å²) in [6.07, 6.45) is 0. The normalized spacial score (nSPS) is 6.67. The van der Waals surface area contributed by atoms with Crippen molar-refractivity contribution in [1.29, 1.82) is 0 Å². The van der Waals surface area contributed by atoms with Gasteiger partial charge in [-0.1, -0.05) is 0 Å². The molecule has 0 atom stereocenters. The Balaban J connectivity index is 0. The first-order chi connectivity index (χ1) is 5.00. The molecule has 0 aliphatic carbocycles. The Morgan fingerprint density at radius 3 is 0.833 bits per heavy atom. The molecule has 0 unspecified atom stereocenters. The Labute approximate surface area is 94.7 Å². The molecule has 0 radical (unpaired) electrons. The predicted molar refractivity (Wildman–Crippen MR) is 44.1 cm³/mol. The molecule has 0 aromatic heterocycles. The Morgan fingerprint density at radius 2 is 0.750 bits per heavy atom. The molecule has 0 saturated carbocycles. The van der Waals surface area contributed by atoms with Crippen LogP contribution in [0.1, 0.15) is 0 Å². The Bertz CT molecular complexity index is 147. The smallest absolute Gasteiger partial charge is 0 e. The van der Waals surface area contributed by atoms with Crippen LogP contribution < -0.4 is 0 Å². The van der Waals surface area contributed by atoms with Crippen LogP contribution in [0.3, 0.4) is 0 Å². The fourth-order valence-electron chi connectivity index (χ4n) is 0.642. The van der Waals surface area contributed by atoms with Gasteiger partial charge in [-0.05, 0) is 0 Å². The van der Waals surface area contributed by atoms with Gasteiger partial charge in [0.05, 0.1) is 0 Å². The van der Waals surface area contributed by atoms with E-state index in [1.807, 2.05) is 60.7 Å². The van der Waals surface area contributed by atoms with Crippen molar-refractivity contribution < 1.29 is 34.1 Å². The predicted octanol–water partition coefficient (Wildman–Crippen LogP) is 2.81. The van der Waals surface area contributed by atoms with Gasteiger partial charge in [-0.25, -0.2) is 24.3 Å². The quantitative estimate of drug-likeness (QED) is 0.492. The van der Waals surface area contributed by atoms with Gasteiger partial charge in [0.25, 0.3) is 0 Å². The summed E-state index contributed by atoms with van der Waals surface area (Å²) in [5.41, 5.74) is 0. The van der Waals surface area contributed by atoms with Gasteiger partial charge < -0.3 is 0 Å². The van der Waals surface area contributed by atoms with Crippen LogP contribution in [0.2, 0.25) is 0 Å². The Kier molecular flexibility index (Phi) is 12.8. The van der Waals surface area contributed by atoms with E-state index in [2.05, 4.69) is 0 Å². The molecular weight excluding hydrogens is 232 g/mol. The van der Waals surface area contributed by atoms with Crippen molar-refractivity contribution in [3.8, 4) is 0 Å². The topological polar surface area (TPSA) is 0 Å². The monoisotopic (exact) mass is 242 g/mol. The third kappa shape index (κ3) is 7.84. The maximum atomic E-state index is 2.00. The van der Waals surface area contributed by atoms with Gasteiger partial charge in [-0.3, -0.25) is 0 Å². The van der Waals surface area contributed by atoms with Crippen LogP contribution in [0.15, 0.2) is 60.7 Å². The van der Waals surface area contributed by atoms with Crippen molar-refractivity contribution >= 4 is 0 Å². The molecule has 0 fully saturated rings. The van der Waals surface area contributed by atoms with Gasteiger partial charge in [-0.15, -0.1) is 0 Å². The Morgan fingerprint density at radius 1 is 0.500 bits per heavy atom. The van der Waals surface area contributed by atoms with E-state index in [1.165, 1.54) is 0 Å². The first-order valence-electron chi connectivity index (χ1n) is 3.33. The summed E-state index contributed by atoms with van der Waals surface area (Å²) in [6, 6.07) is 20.0. The van der Waals surface area contributed by atoms with Gasteiger partial charge in [0.2, 0.25) is 0 Å². The summed E-state index contributed by atoms with van der Waals surface area (Å²) in [4.78, 5) is 0. The zero-order valence-electron chi connectivity index (χ0n) is 6.48. The molecule has 0 nitrogen and oxygen atoms in total. The van der Waals surface area contributed by atoms with Crippen LogP contribution in [-0.4, -0.2) is 0 Å². The molecule has 0 bridgehead atoms. The largest absolute Gasteiger partial charge is 0.214 e. The summed E-state index contributed by atoms with van der Waals surface area (Å²) in [6.45, 7) is 0. The molecule has 0 aliphatic rings. The minimum atomic E-state index is 0. The van der Waals surface area contributed by atoms with Crippen molar-refractivity contribution in [2.75, 3.05) is 0 Å². The van der Waals surface area contributed by atoms with E-state index in [1.54, 1.807) is 0 Å². The van der Waals surface area contributed by atoms with Gasteiger partial charge in [-0.2, -0.15) is 36.4 Å². The summed E-state index contributed by atoms with van der Waals surface area (Å²) >= 11 is 0. The summed E-state index contributed by atoms with van der Waals surface area (Å²) in [5, 5.41) is 0. The molecular formula is C10H10Fe2-2. The Hall–Kier alpha value is -0.261. The third-order valence-electron chi connectivity index (χ3n) is 1.11. The fourth-order valence-corrected chi connectivity index (χ4v) is 0.642. The van der Waals surface area contributed by atoms with Gasteiger partial charge in [0.1, 0.15) is 0 Å². The van der Waals surface area contributed by atoms with Gasteiger partial charge in [0.15, 0.2) is 0 Å². The number of hydrogen-bond acceptors (Lipinski definition) is 0. The van der Waals surface area contributed by atoms with Crippen molar-refractivity contribution in [3.05, 3.63) is 60.7 Å². The average molecular weight is 242 g/mol. The van der Waals surface area contributed by atoms with Crippen molar-refractivity contribution in [3.63, 3.8) is 0 Å². The van der Waals surface area contributed by atoms with Crippen LogP contribution in [0, 0.1) is 0 Å². The molecule has 2 aromatic carbocycles. The second-order valence-electron chi connectivity index (χ2n) is 1.92. The van der Waals surface area contributed by atoms with E-state index in [-0.39, 0.29) is 34.1 Å². The maximum absolute atomic E-state index is 2.00. The summed E-state index contributed by atoms with van der Waals surface area (Å²) in [5.74, 6) is 0. The van der Waals surface area contributed by atoms with Crippen molar-refractivity contribution in [1.82, 2.24) is 0 Å². The first kappa shape index (κ1) is 14.3. The molecule has 12 heavy (non-hydrogen) atoms. The summed E-state index contributed by atoms with van der Waals surface area (Å²) < 4.78 is 0. The van der Waals surface area contributed by atoms with Crippen LogP contribution in [0.5, 0.6) is 0 Å². The van der Waals surface area contributed by atoms with Crippen LogP contribution >= 0.6 is 0 Å². The maximum Gasteiger partial charge on any atom is 0 e. The van der Waals surface area contributed by atoms with Crippen molar-refractivity contribution in [2.45, 2.75) is 0 Å². The SMILES string of the molecule is [Fe].[Fe].c1cc[cH-]c1.c1cc[cH-]c1. The first-order valence-corrected chi connectivity index (χ1v) is 3.33. The molecule has 68 valence electrons. The molecule has 2 aromatic rings. The van der Waals surface area contributed by atoms with Crippen LogP contribution in [0.4, 0.5) is 0 Å². The zero-order chi connectivity index (χ0) is 7.07. The van der Waals surface area contributed by atoms with Gasteiger partial charge in [0, 0.05) is 34.1 Å². The molecule has 2 heteroatoms. The molecule has 0 aliphatic heterocycles. The zero-order valence-corrected chi connectivity index (χ0v) is 8.69. The van der Waals surface area contributed by atoms with E-state index in [4.69, 9.17) is 0 Å². The standard InChI is InChI=1S/2C5H5.2Fe/c2*1-2-4-5-3-1;;/h2*1-5H;;/q2*-1;;. The molecule has 0 saturated heterocycles. The van der Waals surface area contributed by atoms with Crippen LogP contribution in [-0.2, 0) is 34.1 Å². The second-order valence-corrected chi connectivity index (χ2v) is 1.92. The van der Waals surface area contributed by atoms with Crippen LogP contribution in [0.25, 0.3) is 0 Å². The fraction of sp³-hybridized carbons (Fsp3) is 0. The van der Waals surface area contributed by atoms with E-state index in [9.17, 15) is 0 Å². The van der Waals surface area contributed by atoms with E-state index in [0.29, 0.717) is 0 Å². The third-order valence-corrected chi connectivity index (χ3v) is 1.11. The van der Waals surface area contributed by atoms with Crippen molar-refractivity contribution in [2.24, 2.45) is 0 Å². The van der Waals surface area contributed by atoms with E-state index in [0.717, 1.165) is 0 Å². The van der Waals surface area contributed by atoms with E-state index < -0.39 is 0 Å². The molecule has 0 spiro atoms. The summed E-state index contributed by atoms with van der Waals surface area (Å²) in [7, 11) is 0. The molecule has 0 amide bonds. The number of rotatable bonds is 0. The number of hydrogen-bond donors (Lipinski definition) is 0. The molecule has 2 rings (SSSR count).